The molecule has 4 atom stereocenters. The fourth-order valence-corrected chi connectivity index (χ4v) is 2.62. The molecule has 2 fully saturated rings. The topological polar surface area (TPSA) is 36.9 Å². The summed E-state index contributed by atoms with van der Waals surface area (Å²) in [5, 5.41) is 0. The van der Waals surface area contributed by atoms with Crippen molar-refractivity contribution in [2.75, 3.05) is 27.4 Å². The first-order valence-corrected chi connectivity index (χ1v) is 5.04. The molecule has 2 rings (SSSR count). The second-order valence-electron chi connectivity index (χ2n) is 4.06. The molecule has 4 heteroatoms. The first-order chi connectivity index (χ1) is 6.73. The highest BCUT2D eigenvalue weighted by molar-refractivity contribution is 5.05. The van der Waals surface area contributed by atoms with Crippen LogP contribution in [0, 0.1) is 0 Å². The lowest BCUT2D eigenvalue weighted by Gasteiger charge is -2.37. The van der Waals surface area contributed by atoms with Gasteiger partial charge < -0.3 is 18.9 Å². The van der Waals surface area contributed by atoms with Gasteiger partial charge >= 0.3 is 0 Å². The Morgan fingerprint density at radius 3 is 2.86 bits per heavy atom. The molecule has 0 aromatic rings. The molecule has 0 amide bonds. The van der Waals surface area contributed by atoms with Gasteiger partial charge in [-0.1, -0.05) is 0 Å². The summed E-state index contributed by atoms with van der Waals surface area (Å²) in [4.78, 5) is 0. The summed E-state index contributed by atoms with van der Waals surface area (Å²) in [6.07, 6.45) is 1.01. The summed E-state index contributed by atoms with van der Waals surface area (Å²) in [7, 11) is 3.40. The quantitative estimate of drug-likeness (QED) is 0.671. The van der Waals surface area contributed by atoms with Crippen LogP contribution in [0.2, 0.25) is 0 Å². The minimum absolute atomic E-state index is 0.00574. The molecule has 2 aliphatic rings. The number of ether oxygens (including phenoxy) is 4. The van der Waals surface area contributed by atoms with E-state index in [1.54, 1.807) is 14.2 Å². The molecule has 0 aromatic heterocycles. The van der Waals surface area contributed by atoms with E-state index in [-0.39, 0.29) is 23.9 Å². The lowest BCUT2D eigenvalue weighted by atomic mass is 9.90. The van der Waals surface area contributed by atoms with Crippen LogP contribution in [0.15, 0.2) is 0 Å². The summed E-state index contributed by atoms with van der Waals surface area (Å²) in [6.45, 7) is 3.34. The van der Waals surface area contributed by atoms with Crippen LogP contribution in [0.1, 0.15) is 13.3 Å². The molecule has 2 aliphatic heterocycles. The van der Waals surface area contributed by atoms with Gasteiger partial charge in [0.2, 0.25) is 0 Å². The Morgan fingerprint density at radius 1 is 1.43 bits per heavy atom. The predicted molar refractivity (Wildman–Crippen MR) is 50.3 cm³/mol. The summed E-state index contributed by atoms with van der Waals surface area (Å²) >= 11 is 0. The van der Waals surface area contributed by atoms with Crippen molar-refractivity contribution in [2.45, 2.75) is 37.3 Å². The van der Waals surface area contributed by atoms with E-state index in [0.717, 1.165) is 13.0 Å². The van der Waals surface area contributed by atoms with Crippen LogP contribution in [0.5, 0.6) is 0 Å². The van der Waals surface area contributed by atoms with Crippen molar-refractivity contribution in [3.05, 3.63) is 0 Å². The lowest BCUT2D eigenvalue weighted by Crippen LogP contribution is -2.52. The molecule has 2 saturated heterocycles. The number of fused-ring (bicyclic) bond motifs is 2. The maximum Gasteiger partial charge on any atom is 0.123 e. The second-order valence-corrected chi connectivity index (χ2v) is 4.06. The van der Waals surface area contributed by atoms with Crippen LogP contribution in [0.25, 0.3) is 0 Å². The standard InChI is InChI=1S/C10H18O4/c1-7-8-9(12-3)10(14-7,6-11-2)4-5-13-8/h7-9H,4-6H2,1-3H3/t7?,8?,9-,10?/m1/s1. The normalized spacial score (nSPS) is 46.9. The third-order valence-electron chi connectivity index (χ3n) is 3.18. The molecule has 0 radical (unpaired) electrons. The third kappa shape index (κ3) is 1.37. The minimum atomic E-state index is -0.286. The Kier molecular flexibility index (Phi) is 2.79. The minimum Gasteiger partial charge on any atom is -0.382 e. The molecular weight excluding hydrogens is 184 g/mol. The summed E-state index contributed by atoms with van der Waals surface area (Å²) in [5.41, 5.74) is -0.286. The van der Waals surface area contributed by atoms with Crippen LogP contribution in [-0.4, -0.2) is 51.3 Å². The zero-order valence-electron chi connectivity index (χ0n) is 8.99. The van der Waals surface area contributed by atoms with Crippen molar-refractivity contribution < 1.29 is 18.9 Å². The zero-order valence-corrected chi connectivity index (χ0v) is 8.99. The summed E-state index contributed by atoms with van der Waals surface area (Å²) in [6, 6.07) is 0. The van der Waals surface area contributed by atoms with E-state index in [9.17, 15) is 0 Å². The highest BCUT2D eigenvalue weighted by Crippen LogP contribution is 2.41. The van der Waals surface area contributed by atoms with E-state index in [1.165, 1.54) is 0 Å². The van der Waals surface area contributed by atoms with Gasteiger partial charge in [0.15, 0.2) is 0 Å². The molecule has 2 heterocycles. The third-order valence-corrected chi connectivity index (χ3v) is 3.18. The first-order valence-electron chi connectivity index (χ1n) is 5.04. The summed E-state index contributed by atoms with van der Waals surface area (Å²) < 4.78 is 22.3. The van der Waals surface area contributed by atoms with Crippen molar-refractivity contribution in [3.63, 3.8) is 0 Å². The van der Waals surface area contributed by atoms with Crippen LogP contribution in [0.4, 0.5) is 0 Å². The fourth-order valence-electron chi connectivity index (χ4n) is 2.62. The van der Waals surface area contributed by atoms with E-state index in [1.807, 2.05) is 6.92 Å². The van der Waals surface area contributed by atoms with Crippen LogP contribution < -0.4 is 0 Å². The van der Waals surface area contributed by atoms with Crippen molar-refractivity contribution in [3.8, 4) is 0 Å². The van der Waals surface area contributed by atoms with Gasteiger partial charge in [0.05, 0.1) is 19.3 Å². The van der Waals surface area contributed by atoms with Gasteiger partial charge in [-0.3, -0.25) is 0 Å². The summed E-state index contributed by atoms with van der Waals surface area (Å²) in [5.74, 6) is 0. The molecule has 14 heavy (non-hydrogen) atoms. The van der Waals surface area contributed by atoms with Gasteiger partial charge in [-0.25, -0.2) is 0 Å². The van der Waals surface area contributed by atoms with Crippen molar-refractivity contribution in [1.29, 1.82) is 0 Å². The predicted octanol–water partition coefficient (Wildman–Crippen LogP) is 0.594. The molecule has 0 aliphatic carbocycles. The molecule has 82 valence electrons. The Bertz CT molecular complexity index is 204. The molecule has 0 aromatic carbocycles. The van der Waals surface area contributed by atoms with Crippen LogP contribution in [0.3, 0.4) is 0 Å². The second kappa shape index (κ2) is 3.77. The SMILES string of the molecule is COCC12CCOC(C(C)O1)[C@H]2OC. The van der Waals surface area contributed by atoms with Crippen LogP contribution in [-0.2, 0) is 18.9 Å². The number of hydrogen-bond donors (Lipinski definition) is 0. The van der Waals surface area contributed by atoms with Gasteiger partial charge in [-0.2, -0.15) is 0 Å². The largest absolute Gasteiger partial charge is 0.382 e. The van der Waals surface area contributed by atoms with Gasteiger partial charge in [0.1, 0.15) is 17.8 Å². The van der Waals surface area contributed by atoms with E-state index in [0.29, 0.717) is 6.61 Å². The van der Waals surface area contributed by atoms with Gasteiger partial charge in [-0.05, 0) is 6.92 Å². The Hall–Kier alpha value is -0.160. The number of rotatable bonds is 3. The molecule has 3 unspecified atom stereocenters. The molecular formula is C10H18O4. The first kappa shape index (κ1) is 10.4. The van der Waals surface area contributed by atoms with Crippen molar-refractivity contribution in [1.82, 2.24) is 0 Å². The number of hydrogen-bond acceptors (Lipinski definition) is 4. The average Bonchev–Trinajstić information content (AvgIpc) is 2.30. The van der Waals surface area contributed by atoms with Crippen LogP contribution >= 0.6 is 0 Å². The van der Waals surface area contributed by atoms with E-state index >= 15 is 0 Å². The Morgan fingerprint density at radius 2 is 2.21 bits per heavy atom. The zero-order chi connectivity index (χ0) is 10.2. The highest BCUT2D eigenvalue weighted by atomic mass is 16.6. The lowest BCUT2D eigenvalue weighted by molar-refractivity contribution is -0.156. The Labute approximate surface area is 84.5 Å². The highest BCUT2D eigenvalue weighted by Gasteiger charge is 2.57. The van der Waals surface area contributed by atoms with Gasteiger partial charge in [0.25, 0.3) is 0 Å². The average molecular weight is 202 g/mol. The molecule has 0 saturated carbocycles. The van der Waals surface area contributed by atoms with E-state index in [4.69, 9.17) is 18.9 Å². The van der Waals surface area contributed by atoms with Crippen molar-refractivity contribution in [2.24, 2.45) is 0 Å². The monoisotopic (exact) mass is 202 g/mol. The maximum absolute atomic E-state index is 5.94. The Balaban J connectivity index is 2.20. The maximum atomic E-state index is 5.94. The van der Waals surface area contributed by atoms with Crippen molar-refractivity contribution >= 4 is 0 Å². The smallest absolute Gasteiger partial charge is 0.123 e. The van der Waals surface area contributed by atoms with E-state index in [2.05, 4.69) is 0 Å². The number of methoxy groups -OCH3 is 2. The van der Waals surface area contributed by atoms with Gasteiger partial charge in [0, 0.05) is 20.6 Å². The fraction of sp³-hybridized carbons (Fsp3) is 1.00. The molecule has 0 spiro atoms. The molecule has 2 bridgehead atoms. The molecule has 4 nitrogen and oxygen atoms in total. The van der Waals surface area contributed by atoms with Gasteiger partial charge in [-0.15, -0.1) is 0 Å². The van der Waals surface area contributed by atoms with E-state index < -0.39 is 0 Å². The molecule has 0 N–H and O–H groups in total.